The molecule has 0 saturated carbocycles. The van der Waals surface area contributed by atoms with Crippen molar-refractivity contribution in [3.05, 3.63) is 52.4 Å². The third kappa shape index (κ3) is 5.48. The van der Waals surface area contributed by atoms with Gasteiger partial charge in [0.2, 0.25) is 5.75 Å². The number of urea groups is 1. The standard InChI is InChI=1S/C25H31N5O5/c1-33-21-14-17(15-22(34-2)23(21)35-3)27-25(32)26-16-20-18-8-4-5-9-19(18)24(31)30(28-20)13-12-29-10-6-7-11-29/h4-5,8-9,14-15H,6-7,10-13,16H2,1-3H3,(H2,26,27,32). The Morgan fingerprint density at radius 2 is 1.63 bits per heavy atom. The minimum Gasteiger partial charge on any atom is -0.493 e. The van der Waals surface area contributed by atoms with E-state index in [4.69, 9.17) is 14.2 Å². The Bertz CT molecular complexity index is 1230. The SMILES string of the molecule is COc1cc(NC(=O)NCc2nn(CCN3CCCC3)c(=O)c3ccccc23)cc(OC)c1OC. The van der Waals surface area contributed by atoms with Gasteiger partial charge in [0, 0.05) is 24.1 Å². The Balaban J connectivity index is 1.51. The van der Waals surface area contributed by atoms with Crippen LogP contribution in [-0.4, -0.2) is 61.7 Å². The first kappa shape index (κ1) is 24.3. The first-order valence-corrected chi connectivity index (χ1v) is 11.6. The molecule has 0 aliphatic carbocycles. The summed E-state index contributed by atoms with van der Waals surface area (Å²) in [5.41, 5.74) is 0.984. The summed E-state index contributed by atoms with van der Waals surface area (Å²) in [4.78, 5) is 28.0. The molecule has 35 heavy (non-hydrogen) atoms. The number of fused-ring (bicyclic) bond motifs is 1. The van der Waals surface area contributed by atoms with Gasteiger partial charge in [-0.3, -0.25) is 4.79 Å². The highest BCUT2D eigenvalue weighted by atomic mass is 16.5. The van der Waals surface area contributed by atoms with Crippen molar-refractivity contribution in [3.8, 4) is 17.2 Å². The molecule has 10 nitrogen and oxygen atoms in total. The van der Waals surface area contributed by atoms with E-state index in [1.807, 2.05) is 18.2 Å². The maximum atomic E-state index is 13.0. The van der Waals surface area contributed by atoms with Crippen LogP contribution >= 0.6 is 0 Å². The van der Waals surface area contributed by atoms with E-state index in [1.54, 1.807) is 18.2 Å². The molecule has 0 spiro atoms. The number of hydrogen-bond donors (Lipinski definition) is 2. The fourth-order valence-electron chi connectivity index (χ4n) is 4.32. The Hall–Kier alpha value is -3.79. The lowest BCUT2D eigenvalue weighted by Crippen LogP contribution is -2.33. The Labute approximate surface area is 203 Å². The largest absolute Gasteiger partial charge is 0.493 e. The average Bonchev–Trinajstić information content (AvgIpc) is 3.41. The summed E-state index contributed by atoms with van der Waals surface area (Å²) in [6, 6.07) is 10.2. The normalized spacial score (nSPS) is 13.6. The molecule has 1 aromatic heterocycles. The summed E-state index contributed by atoms with van der Waals surface area (Å²) in [5, 5.41) is 11.5. The lowest BCUT2D eigenvalue weighted by Gasteiger charge is -2.17. The molecule has 2 amide bonds. The van der Waals surface area contributed by atoms with Crippen molar-refractivity contribution < 1.29 is 19.0 Å². The molecule has 0 atom stereocenters. The topological polar surface area (TPSA) is 107 Å². The maximum Gasteiger partial charge on any atom is 0.319 e. The maximum absolute atomic E-state index is 13.0. The number of nitrogens with one attached hydrogen (secondary N) is 2. The average molecular weight is 482 g/mol. The summed E-state index contributed by atoms with van der Waals surface area (Å²) in [6.07, 6.45) is 2.38. The van der Waals surface area contributed by atoms with Gasteiger partial charge in [-0.1, -0.05) is 18.2 Å². The summed E-state index contributed by atoms with van der Waals surface area (Å²) in [7, 11) is 4.54. The number of aromatic nitrogens is 2. The van der Waals surface area contributed by atoms with Gasteiger partial charge in [-0.25, -0.2) is 9.48 Å². The van der Waals surface area contributed by atoms with E-state index in [9.17, 15) is 9.59 Å². The Kier molecular flexibility index (Phi) is 7.71. The number of rotatable bonds is 9. The number of amides is 2. The van der Waals surface area contributed by atoms with Gasteiger partial charge < -0.3 is 29.7 Å². The molecule has 1 aliphatic rings. The molecule has 2 aromatic carbocycles. The fraction of sp³-hybridized carbons (Fsp3) is 0.400. The van der Waals surface area contributed by atoms with Gasteiger partial charge >= 0.3 is 6.03 Å². The van der Waals surface area contributed by atoms with Crippen molar-refractivity contribution in [3.63, 3.8) is 0 Å². The van der Waals surface area contributed by atoms with E-state index >= 15 is 0 Å². The van der Waals surface area contributed by atoms with Gasteiger partial charge in [0.15, 0.2) is 11.5 Å². The van der Waals surface area contributed by atoms with Crippen LogP contribution in [-0.2, 0) is 13.1 Å². The van der Waals surface area contributed by atoms with Crippen LogP contribution in [0.5, 0.6) is 17.2 Å². The summed E-state index contributed by atoms with van der Waals surface area (Å²) in [5.74, 6) is 1.30. The second-order valence-electron chi connectivity index (χ2n) is 8.29. The minimum atomic E-state index is -0.431. The molecule has 2 heterocycles. The first-order chi connectivity index (χ1) is 17.0. The molecule has 0 unspecified atom stereocenters. The molecule has 4 rings (SSSR count). The van der Waals surface area contributed by atoms with Crippen molar-refractivity contribution in [2.24, 2.45) is 0 Å². The molecule has 3 aromatic rings. The lowest BCUT2D eigenvalue weighted by atomic mass is 10.1. The Morgan fingerprint density at radius 1 is 0.971 bits per heavy atom. The van der Waals surface area contributed by atoms with Gasteiger partial charge in [0.1, 0.15) is 0 Å². The molecular weight excluding hydrogens is 450 g/mol. The van der Waals surface area contributed by atoms with Crippen LogP contribution in [0.15, 0.2) is 41.2 Å². The highest BCUT2D eigenvalue weighted by Gasteiger charge is 2.16. The van der Waals surface area contributed by atoms with Crippen LogP contribution in [0, 0.1) is 0 Å². The van der Waals surface area contributed by atoms with Gasteiger partial charge in [0.05, 0.1) is 51.2 Å². The number of benzene rings is 2. The fourth-order valence-corrected chi connectivity index (χ4v) is 4.32. The second-order valence-corrected chi connectivity index (χ2v) is 8.29. The zero-order valence-corrected chi connectivity index (χ0v) is 20.3. The number of ether oxygens (including phenoxy) is 3. The molecular formula is C25H31N5O5. The molecule has 0 radical (unpaired) electrons. The van der Waals surface area contributed by atoms with Crippen LogP contribution in [0.2, 0.25) is 0 Å². The molecule has 10 heteroatoms. The van der Waals surface area contributed by atoms with E-state index in [0.29, 0.717) is 40.6 Å². The van der Waals surface area contributed by atoms with E-state index in [2.05, 4.69) is 20.6 Å². The van der Waals surface area contributed by atoms with Crippen LogP contribution in [0.25, 0.3) is 10.8 Å². The molecule has 186 valence electrons. The van der Waals surface area contributed by atoms with Crippen LogP contribution < -0.4 is 30.4 Å². The van der Waals surface area contributed by atoms with Crippen molar-refractivity contribution in [1.82, 2.24) is 20.0 Å². The van der Waals surface area contributed by atoms with Gasteiger partial charge in [-0.2, -0.15) is 5.10 Å². The quantitative estimate of drug-likeness (QED) is 0.484. The van der Waals surface area contributed by atoms with Gasteiger partial charge in [-0.15, -0.1) is 0 Å². The van der Waals surface area contributed by atoms with E-state index < -0.39 is 6.03 Å². The third-order valence-corrected chi connectivity index (χ3v) is 6.11. The molecule has 1 fully saturated rings. The summed E-state index contributed by atoms with van der Waals surface area (Å²) < 4.78 is 17.5. The summed E-state index contributed by atoms with van der Waals surface area (Å²) >= 11 is 0. The lowest BCUT2D eigenvalue weighted by molar-refractivity contribution is 0.251. The number of methoxy groups -OCH3 is 3. The van der Waals surface area contributed by atoms with Crippen LogP contribution in [0.3, 0.4) is 0 Å². The highest BCUT2D eigenvalue weighted by Crippen LogP contribution is 2.39. The number of anilines is 1. The second kappa shape index (κ2) is 11.1. The smallest absolute Gasteiger partial charge is 0.319 e. The number of carbonyl (C=O) groups is 1. The van der Waals surface area contributed by atoms with E-state index in [-0.39, 0.29) is 12.1 Å². The van der Waals surface area contributed by atoms with Crippen molar-refractivity contribution >= 4 is 22.5 Å². The van der Waals surface area contributed by atoms with E-state index in [1.165, 1.54) is 38.9 Å². The predicted molar refractivity (Wildman–Crippen MR) is 134 cm³/mol. The van der Waals surface area contributed by atoms with Crippen LogP contribution in [0.1, 0.15) is 18.5 Å². The third-order valence-electron chi connectivity index (χ3n) is 6.11. The Morgan fingerprint density at radius 3 is 2.26 bits per heavy atom. The number of carbonyl (C=O) groups excluding carboxylic acids is 1. The predicted octanol–water partition coefficient (Wildman–Crippen LogP) is 2.84. The number of hydrogen-bond acceptors (Lipinski definition) is 7. The summed E-state index contributed by atoms with van der Waals surface area (Å²) in [6.45, 7) is 3.55. The van der Waals surface area contributed by atoms with Gasteiger partial charge in [-0.05, 0) is 32.0 Å². The van der Waals surface area contributed by atoms with Crippen molar-refractivity contribution in [1.29, 1.82) is 0 Å². The first-order valence-electron chi connectivity index (χ1n) is 11.6. The van der Waals surface area contributed by atoms with Crippen molar-refractivity contribution in [2.75, 3.05) is 46.3 Å². The number of likely N-dealkylation sites (tertiary alicyclic amines) is 1. The minimum absolute atomic E-state index is 0.120. The zero-order valence-electron chi connectivity index (χ0n) is 20.3. The number of nitrogens with zero attached hydrogens (tertiary/aromatic N) is 3. The molecule has 1 aliphatic heterocycles. The molecule has 1 saturated heterocycles. The monoisotopic (exact) mass is 481 g/mol. The van der Waals surface area contributed by atoms with E-state index in [0.717, 1.165) is 25.0 Å². The van der Waals surface area contributed by atoms with Crippen LogP contribution in [0.4, 0.5) is 10.5 Å². The zero-order chi connectivity index (χ0) is 24.8. The highest BCUT2D eigenvalue weighted by molar-refractivity contribution is 5.90. The molecule has 0 bridgehead atoms. The van der Waals surface area contributed by atoms with Crippen molar-refractivity contribution in [2.45, 2.75) is 25.9 Å². The molecule has 2 N–H and O–H groups in total. The van der Waals surface area contributed by atoms with Gasteiger partial charge in [0.25, 0.3) is 5.56 Å².